The second-order valence-corrected chi connectivity index (χ2v) is 4.50. The third-order valence-electron chi connectivity index (χ3n) is 2.30. The molecule has 6 nitrogen and oxygen atoms in total. The summed E-state index contributed by atoms with van der Waals surface area (Å²) in [6.45, 7) is 3.03. The number of aromatic nitrogens is 1. The van der Waals surface area contributed by atoms with Gasteiger partial charge in [-0.25, -0.2) is 0 Å². The Morgan fingerprint density at radius 1 is 1.44 bits per heavy atom. The van der Waals surface area contributed by atoms with E-state index in [4.69, 9.17) is 5.11 Å². The highest BCUT2D eigenvalue weighted by Gasteiger charge is 2.25. The predicted molar refractivity (Wildman–Crippen MR) is 64.2 cm³/mol. The first-order valence-corrected chi connectivity index (χ1v) is 5.44. The van der Waals surface area contributed by atoms with E-state index in [2.05, 4.69) is 10.3 Å². The topological polar surface area (TPSA) is 99.5 Å². The fourth-order valence-electron chi connectivity index (χ4n) is 1.44. The molecule has 0 aromatic carbocycles. The van der Waals surface area contributed by atoms with Gasteiger partial charge in [0.15, 0.2) is 0 Å². The molecular weight excluding hydrogens is 236 g/mol. The molecule has 1 aromatic rings. The third-order valence-corrected chi connectivity index (χ3v) is 2.30. The van der Waals surface area contributed by atoms with Gasteiger partial charge in [0.25, 0.3) is 5.91 Å². The second-order valence-electron chi connectivity index (χ2n) is 4.50. The quantitative estimate of drug-likeness (QED) is 0.702. The van der Waals surface area contributed by atoms with Gasteiger partial charge in [-0.05, 0) is 25.5 Å². The summed E-state index contributed by atoms with van der Waals surface area (Å²) in [5, 5.41) is 20.8. The van der Waals surface area contributed by atoms with Gasteiger partial charge < -0.3 is 15.5 Å². The standard InChI is InChI=1S/C12H16N2O4/c1-8-3-9(6-13-5-8)11(17)14-7-12(2,18)4-10(15)16/h3,5-6,18H,4,7H2,1-2H3,(H,14,17)(H,15,16). The van der Waals surface area contributed by atoms with E-state index in [0.29, 0.717) is 5.56 Å². The highest BCUT2D eigenvalue weighted by molar-refractivity contribution is 5.94. The van der Waals surface area contributed by atoms with Crippen LogP contribution in [0, 0.1) is 6.92 Å². The molecule has 0 aliphatic carbocycles. The summed E-state index contributed by atoms with van der Waals surface area (Å²) < 4.78 is 0. The molecule has 0 radical (unpaired) electrons. The van der Waals surface area contributed by atoms with Crippen LogP contribution in [0.15, 0.2) is 18.5 Å². The van der Waals surface area contributed by atoms with Crippen LogP contribution in [0.1, 0.15) is 29.3 Å². The molecule has 1 rings (SSSR count). The Hall–Kier alpha value is -1.95. The number of carboxylic acid groups (broad SMARTS) is 1. The average molecular weight is 252 g/mol. The number of carbonyl (C=O) groups excluding carboxylic acids is 1. The van der Waals surface area contributed by atoms with Crippen molar-refractivity contribution >= 4 is 11.9 Å². The second kappa shape index (κ2) is 5.59. The summed E-state index contributed by atoms with van der Waals surface area (Å²) in [6, 6.07) is 1.66. The molecule has 0 bridgehead atoms. The number of nitrogens with one attached hydrogen (secondary N) is 1. The molecule has 3 N–H and O–H groups in total. The van der Waals surface area contributed by atoms with Gasteiger partial charge in [0, 0.05) is 18.9 Å². The van der Waals surface area contributed by atoms with Crippen LogP contribution in [0.25, 0.3) is 0 Å². The van der Waals surface area contributed by atoms with Crippen molar-refractivity contribution < 1.29 is 19.8 Å². The monoisotopic (exact) mass is 252 g/mol. The molecule has 18 heavy (non-hydrogen) atoms. The summed E-state index contributed by atoms with van der Waals surface area (Å²) in [7, 11) is 0. The molecule has 0 aliphatic heterocycles. The van der Waals surface area contributed by atoms with Gasteiger partial charge in [-0.3, -0.25) is 14.6 Å². The lowest BCUT2D eigenvalue weighted by molar-refractivity contribution is -0.141. The van der Waals surface area contributed by atoms with Crippen LogP contribution >= 0.6 is 0 Å². The summed E-state index contributed by atoms with van der Waals surface area (Å²) in [6.07, 6.45) is 2.60. The molecule has 0 saturated carbocycles. The van der Waals surface area contributed by atoms with E-state index in [-0.39, 0.29) is 6.54 Å². The number of aliphatic carboxylic acids is 1. The van der Waals surface area contributed by atoms with Crippen LogP contribution in [0.5, 0.6) is 0 Å². The minimum atomic E-state index is -1.47. The molecule has 0 spiro atoms. The number of pyridine rings is 1. The molecule has 1 heterocycles. The normalized spacial score (nSPS) is 13.7. The predicted octanol–water partition coefficient (Wildman–Crippen LogP) is 0.346. The van der Waals surface area contributed by atoms with E-state index < -0.39 is 23.9 Å². The van der Waals surface area contributed by atoms with Crippen LogP contribution in [0.4, 0.5) is 0 Å². The number of rotatable bonds is 5. The van der Waals surface area contributed by atoms with Crippen LogP contribution in [0.2, 0.25) is 0 Å². The molecule has 1 amide bonds. The molecule has 1 aromatic heterocycles. The number of aliphatic hydroxyl groups is 1. The van der Waals surface area contributed by atoms with Crippen LogP contribution < -0.4 is 5.32 Å². The smallest absolute Gasteiger partial charge is 0.306 e. The van der Waals surface area contributed by atoms with E-state index in [0.717, 1.165) is 5.56 Å². The lowest BCUT2D eigenvalue weighted by Crippen LogP contribution is -2.42. The van der Waals surface area contributed by atoms with Crippen LogP contribution in [-0.4, -0.2) is 39.2 Å². The van der Waals surface area contributed by atoms with Crippen LogP contribution in [-0.2, 0) is 4.79 Å². The number of carbonyl (C=O) groups is 2. The summed E-state index contributed by atoms with van der Waals surface area (Å²) in [5.41, 5.74) is -0.250. The van der Waals surface area contributed by atoms with Crippen molar-refractivity contribution in [3.63, 3.8) is 0 Å². The molecule has 0 saturated heterocycles. The molecule has 6 heteroatoms. The van der Waals surface area contributed by atoms with Crippen molar-refractivity contribution in [3.8, 4) is 0 Å². The lowest BCUT2D eigenvalue weighted by Gasteiger charge is -2.21. The van der Waals surface area contributed by atoms with Crippen molar-refractivity contribution in [1.29, 1.82) is 0 Å². The minimum Gasteiger partial charge on any atom is -0.481 e. The number of amides is 1. The van der Waals surface area contributed by atoms with Gasteiger partial charge in [-0.1, -0.05) is 0 Å². The van der Waals surface area contributed by atoms with Crippen molar-refractivity contribution in [2.45, 2.75) is 25.9 Å². The Morgan fingerprint density at radius 2 is 2.11 bits per heavy atom. The van der Waals surface area contributed by atoms with Gasteiger partial charge in [0.05, 0.1) is 17.6 Å². The molecular formula is C12H16N2O4. The molecule has 1 unspecified atom stereocenters. The zero-order valence-corrected chi connectivity index (χ0v) is 10.3. The molecule has 1 atom stereocenters. The first-order valence-electron chi connectivity index (χ1n) is 5.44. The van der Waals surface area contributed by atoms with E-state index in [1.165, 1.54) is 13.1 Å². The number of aryl methyl sites for hydroxylation is 1. The average Bonchev–Trinajstić information content (AvgIpc) is 2.24. The SMILES string of the molecule is Cc1cncc(C(=O)NCC(C)(O)CC(=O)O)c1. The van der Waals surface area contributed by atoms with Crippen molar-refractivity contribution in [3.05, 3.63) is 29.6 Å². The van der Waals surface area contributed by atoms with Gasteiger partial charge >= 0.3 is 5.97 Å². The first kappa shape index (κ1) is 14.1. The van der Waals surface area contributed by atoms with Gasteiger partial charge in [-0.2, -0.15) is 0 Å². The lowest BCUT2D eigenvalue weighted by atomic mass is 10.0. The molecule has 98 valence electrons. The number of hydrogen-bond acceptors (Lipinski definition) is 4. The molecule has 0 fully saturated rings. The van der Waals surface area contributed by atoms with E-state index in [1.54, 1.807) is 12.3 Å². The van der Waals surface area contributed by atoms with Crippen molar-refractivity contribution in [2.24, 2.45) is 0 Å². The van der Waals surface area contributed by atoms with Crippen molar-refractivity contribution in [1.82, 2.24) is 10.3 Å². The van der Waals surface area contributed by atoms with Gasteiger partial charge in [-0.15, -0.1) is 0 Å². The minimum absolute atomic E-state index is 0.133. The van der Waals surface area contributed by atoms with Crippen molar-refractivity contribution in [2.75, 3.05) is 6.54 Å². The summed E-state index contributed by atoms with van der Waals surface area (Å²) >= 11 is 0. The Bertz CT molecular complexity index is 457. The number of nitrogens with zero attached hydrogens (tertiary/aromatic N) is 1. The highest BCUT2D eigenvalue weighted by Crippen LogP contribution is 2.08. The molecule has 0 aliphatic rings. The van der Waals surface area contributed by atoms with E-state index >= 15 is 0 Å². The summed E-state index contributed by atoms with van der Waals surface area (Å²) in [5.74, 6) is -1.51. The number of hydrogen-bond donors (Lipinski definition) is 3. The zero-order valence-electron chi connectivity index (χ0n) is 10.3. The highest BCUT2D eigenvalue weighted by atomic mass is 16.4. The Morgan fingerprint density at radius 3 is 2.67 bits per heavy atom. The third kappa shape index (κ3) is 4.50. The summed E-state index contributed by atoms with van der Waals surface area (Å²) in [4.78, 5) is 26.1. The largest absolute Gasteiger partial charge is 0.481 e. The Balaban J connectivity index is 2.58. The zero-order chi connectivity index (χ0) is 13.8. The Labute approximate surface area is 105 Å². The number of carboxylic acids is 1. The maximum absolute atomic E-state index is 11.7. The van der Waals surface area contributed by atoms with Crippen LogP contribution in [0.3, 0.4) is 0 Å². The fourth-order valence-corrected chi connectivity index (χ4v) is 1.44. The van der Waals surface area contributed by atoms with E-state index in [9.17, 15) is 14.7 Å². The first-order chi connectivity index (χ1) is 8.30. The maximum atomic E-state index is 11.7. The fraction of sp³-hybridized carbons (Fsp3) is 0.417. The van der Waals surface area contributed by atoms with E-state index in [1.807, 2.05) is 6.92 Å². The Kier molecular flexibility index (Phi) is 4.38. The maximum Gasteiger partial charge on any atom is 0.306 e. The van der Waals surface area contributed by atoms with Gasteiger partial charge in [0.2, 0.25) is 0 Å². The van der Waals surface area contributed by atoms with Gasteiger partial charge in [0.1, 0.15) is 0 Å².